The first-order valence-corrected chi connectivity index (χ1v) is 7.99. The summed E-state index contributed by atoms with van der Waals surface area (Å²) in [6.07, 6.45) is 2.37. The summed E-state index contributed by atoms with van der Waals surface area (Å²) in [4.78, 5) is 13.2. The van der Waals surface area contributed by atoms with Gasteiger partial charge in [-0.3, -0.25) is 9.69 Å². The topological polar surface area (TPSA) is 64.8 Å². The van der Waals surface area contributed by atoms with E-state index in [9.17, 15) is 4.79 Å². The lowest BCUT2D eigenvalue weighted by molar-refractivity contribution is -0.119. The predicted octanol–water partition coefficient (Wildman–Crippen LogP) is 2.21. The highest BCUT2D eigenvalue weighted by atomic mass is 35.5. The number of ether oxygens (including phenoxy) is 2. The van der Waals surface area contributed by atoms with Gasteiger partial charge in [-0.1, -0.05) is 17.7 Å². The number of carbonyl (C=O) groups is 1. The van der Waals surface area contributed by atoms with Crippen LogP contribution in [0, 0.1) is 0 Å². The fourth-order valence-corrected chi connectivity index (χ4v) is 2.95. The van der Waals surface area contributed by atoms with Crippen LogP contribution in [0.25, 0.3) is 0 Å². The standard InChI is InChI=1S/C16H23ClN2O3/c1-2-21-10-13-4-3-7-19(13)9-12-5-6-15(14(17)8-12)22-11-16(18)20/h5-6,8,13H,2-4,7,9-11H2,1H3,(H2,18,20). The summed E-state index contributed by atoms with van der Waals surface area (Å²) in [5.74, 6) is -0.0347. The molecule has 1 atom stereocenters. The zero-order valence-corrected chi connectivity index (χ0v) is 13.6. The molecule has 1 fully saturated rings. The van der Waals surface area contributed by atoms with Gasteiger partial charge in [-0.25, -0.2) is 0 Å². The molecule has 1 aliphatic heterocycles. The van der Waals surface area contributed by atoms with Gasteiger partial charge in [-0.2, -0.15) is 0 Å². The first-order valence-electron chi connectivity index (χ1n) is 7.61. The molecule has 1 aromatic carbocycles. The highest BCUT2D eigenvalue weighted by Gasteiger charge is 2.24. The van der Waals surface area contributed by atoms with Crippen LogP contribution < -0.4 is 10.5 Å². The van der Waals surface area contributed by atoms with Crippen molar-refractivity contribution in [3.05, 3.63) is 28.8 Å². The van der Waals surface area contributed by atoms with Crippen LogP contribution in [-0.2, 0) is 16.1 Å². The SMILES string of the molecule is CCOCC1CCCN1Cc1ccc(OCC(N)=O)c(Cl)c1. The number of carbonyl (C=O) groups excluding carboxylic acids is 1. The van der Waals surface area contributed by atoms with E-state index in [1.54, 1.807) is 6.07 Å². The Morgan fingerprint density at radius 1 is 1.50 bits per heavy atom. The molecule has 2 rings (SSSR count). The molecule has 2 N–H and O–H groups in total. The van der Waals surface area contributed by atoms with Gasteiger partial charge in [-0.15, -0.1) is 0 Å². The number of benzene rings is 1. The molecule has 122 valence electrons. The highest BCUT2D eigenvalue weighted by molar-refractivity contribution is 6.32. The molecule has 0 saturated carbocycles. The van der Waals surface area contributed by atoms with Crippen molar-refractivity contribution >= 4 is 17.5 Å². The largest absolute Gasteiger partial charge is 0.482 e. The van der Waals surface area contributed by atoms with Crippen molar-refractivity contribution in [2.45, 2.75) is 32.4 Å². The van der Waals surface area contributed by atoms with E-state index in [0.29, 0.717) is 16.8 Å². The van der Waals surface area contributed by atoms with Crippen molar-refractivity contribution in [1.29, 1.82) is 0 Å². The van der Waals surface area contributed by atoms with Gasteiger partial charge in [0.25, 0.3) is 5.91 Å². The second-order valence-corrected chi connectivity index (χ2v) is 5.85. The first kappa shape index (κ1) is 17.1. The molecule has 0 spiro atoms. The Kier molecular flexibility index (Phi) is 6.49. The molecule has 5 nitrogen and oxygen atoms in total. The Balaban J connectivity index is 1.95. The van der Waals surface area contributed by atoms with Gasteiger partial charge in [0, 0.05) is 19.2 Å². The number of likely N-dealkylation sites (tertiary alicyclic amines) is 1. The molecule has 22 heavy (non-hydrogen) atoms. The van der Waals surface area contributed by atoms with Crippen molar-refractivity contribution < 1.29 is 14.3 Å². The molecular weight excluding hydrogens is 304 g/mol. The minimum Gasteiger partial charge on any atom is -0.482 e. The first-order chi connectivity index (χ1) is 10.6. The van der Waals surface area contributed by atoms with E-state index in [2.05, 4.69) is 4.90 Å². The van der Waals surface area contributed by atoms with Crippen LogP contribution in [0.5, 0.6) is 5.75 Å². The average molecular weight is 327 g/mol. The zero-order chi connectivity index (χ0) is 15.9. The van der Waals surface area contributed by atoms with E-state index in [4.69, 9.17) is 26.8 Å². The van der Waals surface area contributed by atoms with Crippen LogP contribution in [0.1, 0.15) is 25.3 Å². The maximum atomic E-state index is 10.7. The van der Waals surface area contributed by atoms with Gasteiger partial charge in [-0.05, 0) is 44.0 Å². The number of nitrogens with zero attached hydrogens (tertiary/aromatic N) is 1. The van der Waals surface area contributed by atoms with E-state index in [1.807, 2.05) is 19.1 Å². The summed E-state index contributed by atoms with van der Waals surface area (Å²) in [7, 11) is 0. The Hall–Kier alpha value is -1.30. The van der Waals surface area contributed by atoms with Crippen molar-refractivity contribution in [1.82, 2.24) is 4.90 Å². The summed E-state index contributed by atoms with van der Waals surface area (Å²) >= 11 is 6.20. The molecule has 0 aromatic heterocycles. The molecule has 1 heterocycles. The number of halogens is 1. The summed E-state index contributed by atoms with van der Waals surface area (Å²) < 4.78 is 10.8. The fraction of sp³-hybridized carbons (Fsp3) is 0.562. The molecule has 6 heteroatoms. The highest BCUT2D eigenvalue weighted by Crippen LogP contribution is 2.27. The maximum absolute atomic E-state index is 10.7. The summed E-state index contributed by atoms with van der Waals surface area (Å²) in [5.41, 5.74) is 6.18. The quantitative estimate of drug-likeness (QED) is 0.795. The number of primary amides is 1. The van der Waals surface area contributed by atoms with Crippen molar-refractivity contribution in [2.75, 3.05) is 26.4 Å². The third-order valence-corrected chi connectivity index (χ3v) is 4.06. The molecule has 0 aliphatic carbocycles. The fourth-order valence-electron chi connectivity index (χ4n) is 2.69. The third kappa shape index (κ3) is 4.87. The van der Waals surface area contributed by atoms with Crippen molar-refractivity contribution in [2.24, 2.45) is 5.73 Å². The predicted molar refractivity (Wildman–Crippen MR) is 86.1 cm³/mol. The molecule has 1 saturated heterocycles. The zero-order valence-electron chi connectivity index (χ0n) is 12.9. The van der Waals surface area contributed by atoms with E-state index in [1.165, 1.54) is 12.8 Å². The maximum Gasteiger partial charge on any atom is 0.255 e. The Labute approximate surface area is 136 Å². The van der Waals surface area contributed by atoms with Crippen LogP contribution in [-0.4, -0.2) is 43.2 Å². The lowest BCUT2D eigenvalue weighted by Gasteiger charge is -2.24. The molecule has 1 amide bonds. The van der Waals surface area contributed by atoms with E-state index in [0.717, 1.165) is 31.9 Å². The van der Waals surface area contributed by atoms with Crippen LogP contribution in [0.3, 0.4) is 0 Å². The van der Waals surface area contributed by atoms with Gasteiger partial charge in [0.15, 0.2) is 6.61 Å². The second-order valence-electron chi connectivity index (χ2n) is 5.45. The van der Waals surface area contributed by atoms with Gasteiger partial charge < -0.3 is 15.2 Å². The lowest BCUT2D eigenvalue weighted by Crippen LogP contribution is -2.32. The molecule has 0 radical (unpaired) electrons. The van der Waals surface area contributed by atoms with Crippen LogP contribution in [0.15, 0.2) is 18.2 Å². The number of amides is 1. The smallest absolute Gasteiger partial charge is 0.255 e. The molecule has 0 bridgehead atoms. The van der Waals surface area contributed by atoms with E-state index >= 15 is 0 Å². The summed E-state index contributed by atoms with van der Waals surface area (Å²) in [5, 5.41) is 0.499. The molecule has 1 unspecified atom stereocenters. The lowest BCUT2D eigenvalue weighted by atomic mass is 10.2. The minimum atomic E-state index is -0.518. The normalized spacial score (nSPS) is 18.5. The minimum absolute atomic E-state index is 0.165. The van der Waals surface area contributed by atoms with Gasteiger partial charge in [0.05, 0.1) is 11.6 Å². The van der Waals surface area contributed by atoms with Crippen LogP contribution >= 0.6 is 11.6 Å². The van der Waals surface area contributed by atoms with Crippen LogP contribution in [0.4, 0.5) is 0 Å². The van der Waals surface area contributed by atoms with E-state index < -0.39 is 5.91 Å². The number of rotatable bonds is 8. The summed E-state index contributed by atoms with van der Waals surface area (Å²) in [6.45, 7) is 5.31. The van der Waals surface area contributed by atoms with Crippen LogP contribution in [0.2, 0.25) is 5.02 Å². The summed E-state index contributed by atoms with van der Waals surface area (Å²) in [6, 6.07) is 6.12. The average Bonchev–Trinajstić information content (AvgIpc) is 2.91. The molecular formula is C16H23ClN2O3. The van der Waals surface area contributed by atoms with E-state index in [-0.39, 0.29) is 6.61 Å². The Morgan fingerprint density at radius 2 is 2.32 bits per heavy atom. The van der Waals surface area contributed by atoms with Crippen molar-refractivity contribution in [3.8, 4) is 5.75 Å². The number of nitrogens with two attached hydrogens (primary N) is 1. The monoisotopic (exact) mass is 326 g/mol. The Morgan fingerprint density at radius 3 is 3.00 bits per heavy atom. The molecule has 1 aliphatic rings. The van der Waals surface area contributed by atoms with Gasteiger partial charge in [0.2, 0.25) is 0 Å². The number of hydrogen-bond acceptors (Lipinski definition) is 4. The van der Waals surface area contributed by atoms with Gasteiger partial charge >= 0.3 is 0 Å². The second kappa shape index (κ2) is 8.36. The van der Waals surface area contributed by atoms with Gasteiger partial charge in [0.1, 0.15) is 5.75 Å². The Bertz CT molecular complexity index is 510. The number of hydrogen-bond donors (Lipinski definition) is 1. The third-order valence-electron chi connectivity index (χ3n) is 3.77. The van der Waals surface area contributed by atoms with Crippen molar-refractivity contribution in [3.63, 3.8) is 0 Å². The molecule has 1 aromatic rings.